The summed E-state index contributed by atoms with van der Waals surface area (Å²) in [5.74, 6) is -0.757. The molecule has 3 aromatic rings. The molecule has 0 saturated heterocycles. The SMILES string of the molecule is C=CC(=O)Oc1c(CO)ccc(C(=O)c2ccccc2)c1OCCC.C=Cc1ccccc1C. The number of benzene rings is 3. The maximum Gasteiger partial charge on any atom is 0.335 e. The second-order valence-corrected chi connectivity index (χ2v) is 7.32. The molecule has 0 radical (unpaired) electrons. The lowest BCUT2D eigenvalue weighted by Crippen LogP contribution is -2.12. The van der Waals surface area contributed by atoms with Crippen LogP contribution in [0.4, 0.5) is 0 Å². The van der Waals surface area contributed by atoms with Crippen LogP contribution >= 0.6 is 0 Å². The molecule has 0 aliphatic heterocycles. The van der Waals surface area contributed by atoms with Gasteiger partial charge in [0.15, 0.2) is 17.3 Å². The van der Waals surface area contributed by atoms with Gasteiger partial charge in [-0.05, 0) is 30.5 Å². The van der Waals surface area contributed by atoms with Gasteiger partial charge < -0.3 is 14.6 Å². The van der Waals surface area contributed by atoms with E-state index in [1.54, 1.807) is 36.4 Å². The largest absolute Gasteiger partial charge is 0.489 e. The maximum atomic E-state index is 12.8. The van der Waals surface area contributed by atoms with E-state index < -0.39 is 5.97 Å². The van der Waals surface area contributed by atoms with E-state index in [0.29, 0.717) is 24.2 Å². The Morgan fingerprint density at radius 2 is 1.62 bits per heavy atom. The van der Waals surface area contributed by atoms with E-state index in [9.17, 15) is 14.7 Å². The first-order valence-corrected chi connectivity index (χ1v) is 11.0. The first kappa shape index (κ1) is 26.3. The Morgan fingerprint density at radius 3 is 2.18 bits per heavy atom. The molecule has 0 aliphatic rings. The van der Waals surface area contributed by atoms with Crippen molar-refractivity contribution in [3.63, 3.8) is 0 Å². The van der Waals surface area contributed by atoms with Crippen LogP contribution < -0.4 is 9.47 Å². The Balaban J connectivity index is 0.000000379. The molecule has 34 heavy (non-hydrogen) atoms. The van der Waals surface area contributed by atoms with Crippen LogP contribution in [0.15, 0.2) is 86.0 Å². The van der Waals surface area contributed by atoms with E-state index in [-0.39, 0.29) is 29.5 Å². The maximum absolute atomic E-state index is 12.8. The van der Waals surface area contributed by atoms with Crippen molar-refractivity contribution in [2.45, 2.75) is 26.9 Å². The van der Waals surface area contributed by atoms with Gasteiger partial charge in [0.2, 0.25) is 0 Å². The molecule has 5 nitrogen and oxygen atoms in total. The summed E-state index contributed by atoms with van der Waals surface area (Å²) in [6, 6.07) is 20.0. The van der Waals surface area contributed by atoms with Crippen LogP contribution in [0.1, 0.15) is 46.0 Å². The monoisotopic (exact) mass is 458 g/mol. The van der Waals surface area contributed by atoms with E-state index in [2.05, 4.69) is 32.2 Å². The van der Waals surface area contributed by atoms with Gasteiger partial charge in [-0.2, -0.15) is 0 Å². The number of carbonyl (C=O) groups excluding carboxylic acids is 2. The Bertz CT molecular complexity index is 1130. The molecule has 176 valence electrons. The van der Waals surface area contributed by atoms with Crippen LogP contribution in [0.5, 0.6) is 11.5 Å². The van der Waals surface area contributed by atoms with Gasteiger partial charge in [0.05, 0.1) is 18.8 Å². The number of aliphatic hydroxyl groups is 1. The third-order valence-corrected chi connectivity index (χ3v) is 4.87. The summed E-state index contributed by atoms with van der Waals surface area (Å²) in [6.07, 6.45) is 3.59. The van der Waals surface area contributed by atoms with Gasteiger partial charge in [-0.1, -0.05) is 86.8 Å². The quantitative estimate of drug-likeness (QED) is 0.186. The minimum Gasteiger partial charge on any atom is -0.489 e. The van der Waals surface area contributed by atoms with Crippen LogP contribution in [0.2, 0.25) is 0 Å². The van der Waals surface area contributed by atoms with Crippen LogP contribution in [-0.2, 0) is 11.4 Å². The van der Waals surface area contributed by atoms with Crippen molar-refractivity contribution >= 4 is 17.8 Å². The summed E-state index contributed by atoms with van der Waals surface area (Å²) in [7, 11) is 0. The number of ether oxygens (including phenoxy) is 2. The Labute approximate surface area is 201 Å². The summed E-state index contributed by atoms with van der Waals surface area (Å²) >= 11 is 0. The third kappa shape index (κ3) is 7.02. The molecule has 0 saturated carbocycles. The van der Waals surface area contributed by atoms with Crippen molar-refractivity contribution in [2.75, 3.05) is 6.61 Å². The zero-order valence-electron chi connectivity index (χ0n) is 19.6. The number of aliphatic hydroxyl groups excluding tert-OH is 1. The minimum absolute atomic E-state index is 0.0441. The van der Waals surface area contributed by atoms with E-state index in [1.807, 2.05) is 31.2 Å². The molecule has 0 unspecified atom stereocenters. The van der Waals surface area contributed by atoms with Crippen molar-refractivity contribution in [1.29, 1.82) is 0 Å². The highest BCUT2D eigenvalue weighted by atomic mass is 16.6. The van der Waals surface area contributed by atoms with E-state index in [4.69, 9.17) is 9.47 Å². The zero-order valence-corrected chi connectivity index (χ0v) is 19.6. The third-order valence-electron chi connectivity index (χ3n) is 4.87. The minimum atomic E-state index is -0.694. The molecular formula is C29H30O5. The summed E-state index contributed by atoms with van der Waals surface area (Å²) in [6.45, 7) is 11.0. The molecule has 0 fully saturated rings. The fourth-order valence-corrected chi connectivity index (χ4v) is 3.07. The fourth-order valence-electron chi connectivity index (χ4n) is 3.07. The number of rotatable bonds is 9. The molecule has 0 spiro atoms. The van der Waals surface area contributed by atoms with Gasteiger partial charge >= 0.3 is 5.97 Å². The Morgan fingerprint density at radius 1 is 0.941 bits per heavy atom. The lowest BCUT2D eigenvalue weighted by Gasteiger charge is -2.17. The molecule has 3 aromatic carbocycles. The number of esters is 1. The molecule has 5 heteroatoms. The second-order valence-electron chi connectivity index (χ2n) is 7.32. The standard InChI is InChI=1S/C20H20O5.C9H10/c1-3-12-24-20-16(18(23)14-8-6-5-7-9-14)11-10-15(13-21)19(20)25-17(22)4-2;1-3-9-7-5-4-6-8(9)2/h4-11,21H,2-3,12-13H2,1H3;3-7H,1H2,2H3. The van der Waals surface area contributed by atoms with Gasteiger partial charge in [0.25, 0.3) is 0 Å². The highest BCUT2D eigenvalue weighted by Crippen LogP contribution is 2.37. The predicted octanol–water partition coefficient (Wildman–Crippen LogP) is 5.93. The Hall–Kier alpha value is -3.96. The van der Waals surface area contributed by atoms with Crippen molar-refractivity contribution in [2.24, 2.45) is 0 Å². The molecule has 0 aliphatic carbocycles. The van der Waals surface area contributed by atoms with Gasteiger partial charge in [-0.25, -0.2) is 4.79 Å². The zero-order chi connectivity index (χ0) is 24.9. The predicted molar refractivity (Wildman–Crippen MR) is 135 cm³/mol. The van der Waals surface area contributed by atoms with Crippen LogP contribution in [0, 0.1) is 6.92 Å². The molecule has 0 bridgehead atoms. The molecule has 1 N–H and O–H groups in total. The second kappa shape index (κ2) is 13.6. The van der Waals surface area contributed by atoms with E-state index >= 15 is 0 Å². The summed E-state index contributed by atoms with van der Waals surface area (Å²) in [5.41, 5.74) is 3.61. The molecule has 0 atom stereocenters. The molecular weight excluding hydrogens is 428 g/mol. The van der Waals surface area contributed by atoms with Gasteiger partial charge in [0, 0.05) is 17.2 Å². The molecule has 3 rings (SSSR count). The number of hydrogen-bond acceptors (Lipinski definition) is 5. The van der Waals surface area contributed by atoms with E-state index in [1.165, 1.54) is 11.1 Å². The number of carbonyl (C=O) groups is 2. The van der Waals surface area contributed by atoms with Crippen molar-refractivity contribution in [3.8, 4) is 11.5 Å². The van der Waals surface area contributed by atoms with Crippen molar-refractivity contribution in [1.82, 2.24) is 0 Å². The summed E-state index contributed by atoms with van der Waals surface area (Å²) in [4.78, 5) is 24.5. The van der Waals surface area contributed by atoms with Crippen molar-refractivity contribution in [3.05, 3.63) is 114 Å². The molecule has 0 amide bonds. The smallest absolute Gasteiger partial charge is 0.335 e. The topological polar surface area (TPSA) is 72.8 Å². The van der Waals surface area contributed by atoms with Crippen LogP contribution in [0.25, 0.3) is 6.08 Å². The lowest BCUT2D eigenvalue weighted by molar-refractivity contribution is -0.129. The number of aryl methyl sites for hydroxylation is 1. The fraction of sp³-hybridized carbons (Fsp3) is 0.172. The first-order chi connectivity index (χ1) is 16.5. The van der Waals surface area contributed by atoms with Crippen LogP contribution in [-0.4, -0.2) is 23.5 Å². The van der Waals surface area contributed by atoms with Gasteiger partial charge in [-0.3, -0.25) is 4.79 Å². The number of ketones is 1. The summed E-state index contributed by atoms with van der Waals surface area (Å²) in [5, 5.41) is 9.54. The first-order valence-electron chi connectivity index (χ1n) is 11.0. The normalized spacial score (nSPS) is 9.85. The highest BCUT2D eigenvalue weighted by molar-refractivity contribution is 6.11. The molecule has 0 heterocycles. The van der Waals surface area contributed by atoms with Crippen LogP contribution in [0.3, 0.4) is 0 Å². The van der Waals surface area contributed by atoms with Crippen molar-refractivity contribution < 1.29 is 24.2 Å². The highest BCUT2D eigenvalue weighted by Gasteiger charge is 2.23. The number of hydrogen-bond donors (Lipinski definition) is 1. The average Bonchev–Trinajstić information content (AvgIpc) is 2.88. The average molecular weight is 459 g/mol. The molecule has 0 aromatic heterocycles. The lowest BCUT2D eigenvalue weighted by atomic mass is 10.00. The van der Waals surface area contributed by atoms with Gasteiger partial charge in [-0.15, -0.1) is 0 Å². The Kier molecular flexibility index (Phi) is 10.5. The van der Waals surface area contributed by atoms with E-state index in [0.717, 1.165) is 6.08 Å². The summed E-state index contributed by atoms with van der Waals surface area (Å²) < 4.78 is 11.0. The van der Waals surface area contributed by atoms with Gasteiger partial charge in [0.1, 0.15) is 0 Å².